The fourth-order valence-electron chi connectivity index (χ4n) is 4.50. The maximum atomic E-state index is 13.0. The summed E-state index contributed by atoms with van der Waals surface area (Å²) < 4.78 is 7.47. The summed E-state index contributed by atoms with van der Waals surface area (Å²) in [5, 5.41) is 7.30. The molecule has 0 aliphatic carbocycles. The van der Waals surface area contributed by atoms with Crippen LogP contribution >= 0.6 is 0 Å². The minimum absolute atomic E-state index is 0.0621. The fourth-order valence-corrected chi connectivity index (χ4v) is 4.50. The average molecular weight is 457 g/mol. The number of piperidine rings is 1. The number of benzene rings is 2. The number of carbonyl (C=O) groups excluding carboxylic acids is 1. The summed E-state index contributed by atoms with van der Waals surface area (Å²) in [5.74, 6) is 1.20. The lowest BCUT2D eigenvalue weighted by Crippen LogP contribution is -2.42. The molecule has 1 aliphatic heterocycles. The number of hydrogen-bond donors (Lipinski definition) is 1. The predicted octanol–water partition coefficient (Wildman–Crippen LogP) is 3.76. The number of rotatable bonds is 7. The number of para-hydroxylation sites is 1. The van der Waals surface area contributed by atoms with Crippen molar-refractivity contribution in [3.63, 3.8) is 0 Å². The zero-order valence-electron chi connectivity index (χ0n) is 19.2. The standard InChI is InChI=1S/C26H28N6O2/c1-19-7-2-4-10-22(19)25-29-24(34-30-25)17-31-13-6-9-21(16-31)26(33)28-15-20-8-3-5-11-23(20)32-14-12-27-18-32/h2-5,7-8,10-12,14,18,21H,6,9,13,15-17H2,1H3,(H,28,33). The molecule has 2 aromatic carbocycles. The van der Waals surface area contributed by atoms with Crippen molar-refractivity contribution in [2.24, 2.45) is 5.92 Å². The van der Waals surface area contributed by atoms with E-state index in [4.69, 9.17) is 4.52 Å². The van der Waals surface area contributed by atoms with Gasteiger partial charge in [-0.2, -0.15) is 4.98 Å². The molecule has 0 spiro atoms. The number of imidazole rings is 1. The third kappa shape index (κ3) is 4.92. The minimum Gasteiger partial charge on any atom is -0.352 e. The fraction of sp³-hybridized carbons (Fsp3) is 0.308. The zero-order valence-corrected chi connectivity index (χ0v) is 19.2. The molecule has 8 heteroatoms. The number of nitrogens with zero attached hydrogens (tertiary/aromatic N) is 5. The zero-order chi connectivity index (χ0) is 23.3. The molecule has 2 aromatic heterocycles. The normalized spacial score (nSPS) is 16.4. The van der Waals surface area contributed by atoms with Crippen LogP contribution in [0.3, 0.4) is 0 Å². The molecule has 1 saturated heterocycles. The van der Waals surface area contributed by atoms with E-state index < -0.39 is 0 Å². The molecule has 0 saturated carbocycles. The number of aryl methyl sites for hydroxylation is 1. The maximum Gasteiger partial charge on any atom is 0.241 e. The average Bonchev–Trinajstić information content (AvgIpc) is 3.56. The van der Waals surface area contributed by atoms with Crippen LogP contribution in [0.2, 0.25) is 0 Å². The molecule has 5 rings (SSSR count). The lowest BCUT2D eigenvalue weighted by molar-refractivity contribution is -0.127. The van der Waals surface area contributed by atoms with E-state index in [1.54, 1.807) is 12.5 Å². The Morgan fingerprint density at radius 2 is 2.03 bits per heavy atom. The quantitative estimate of drug-likeness (QED) is 0.456. The topological polar surface area (TPSA) is 89.1 Å². The van der Waals surface area contributed by atoms with E-state index in [1.807, 2.05) is 66.2 Å². The number of hydrogen-bond acceptors (Lipinski definition) is 6. The summed E-state index contributed by atoms with van der Waals surface area (Å²) in [6.07, 6.45) is 7.26. The Kier molecular flexibility index (Phi) is 6.49. The molecular formula is C26H28N6O2. The highest BCUT2D eigenvalue weighted by atomic mass is 16.5. The Bertz CT molecular complexity index is 1250. The van der Waals surface area contributed by atoms with E-state index in [0.717, 1.165) is 41.8 Å². The van der Waals surface area contributed by atoms with Crippen molar-refractivity contribution in [2.75, 3.05) is 13.1 Å². The van der Waals surface area contributed by atoms with Crippen LogP contribution in [0.15, 0.2) is 71.8 Å². The lowest BCUT2D eigenvalue weighted by atomic mass is 9.97. The van der Waals surface area contributed by atoms with E-state index in [9.17, 15) is 4.79 Å². The van der Waals surface area contributed by atoms with Crippen molar-refractivity contribution >= 4 is 5.91 Å². The first kappa shape index (κ1) is 22.0. The van der Waals surface area contributed by atoms with Gasteiger partial charge in [0.1, 0.15) is 0 Å². The van der Waals surface area contributed by atoms with Crippen molar-refractivity contribution in [3.05, 3.63) is 84.3 Å². The van der Waals surface area contributed by atoms with Gasteiger partial charge in [-0.05, 0) is 43.5 Å². The summed E-state index contributed by atoms with van der Waals surface area (Å²) in [5.41, 5.74) is 4.16. The smallest absolute Gasteiger partial charge is 0.241 e. The first-order valence-corrected chi connectivity index (χ1v) is 11.6. The number of carbonyl (C=O) groups is 1. The van der Waals surface area contributed by atoms with Gasteiger partial charge in [-0.15, -0.1) is 0 Å². The second kappa shape index (κ2) is 10.0. The number of nitrogens with one attached hydrogen (secondary N) is 1. The van der Waals surface area contributed by atoms with E-state index in [2.05, 4.69) is 25.3 Å². The van der Waals surface area contributed by atoms with E-state index in [-0.39, 0.29) is 11.8 Å². The van der Waals surface area contributed by atoms with Crippen LogP contribution in [0.1, 0.15) is 29.9 Å². The molecule has 4 aromatic rings. The Balaban J connectivity index is 1.19. The van der Waals surface area contributed by atoms with Crippen LogP contribution in [0.4, 0.5) is 0 Å². The molecule has 34 heavy (non-hydrogen) atoms. The van der Waals surface area contributed by atoms with Gasteiger partial charge < -0.3 is 14.4 Å². The van der Waals surface area contributed by atoms with Crippen LogP contribution in [0, 0.1) is 12.8 Å². The summed E-state index contributed by atoms with van der Waals surface area (Å²) in [4.78, 5) is 23.9. The summed E-state index contributed by atoms with van der Waals surface area (Å²) >= 11 is 0. The molecule has 8 nitrogen and oxygen atoms in total. The third-order valence-corrected chi connectivity index (χ3v) is 6.32. The second-order valence-electron chi connectivity index (χ2n) is 8.72. The molecule has 0 radical (unpaired) electrons. The van der Waals surface area contributed by atoms with Crippen molar-refractivity contribution in [3.8, 4) is 17.1 Å². The number of aromatic nitrogens is 4. The van der Waals surface area contributed by atoms with Gasteiger partial charge in [0.15, 0.2) is 0 Å². The largest absolute Gasteiger partial charge is 0.352 e. The molecule has 0 bridgehead atoms. The number of likely N-dealkylation sites (tertiary alicyclic amines) is 1. The van der Waals surface area contributed by atoms with E-state index in [1.165, 1.54) is 0 Å². The van der Waals surface area contributed by atoms with Gasteiger partial charge in [0.25, 0.3) is 0 Å². The highest BCUT2D eigenvalue weighted by Gasteiger charge is 2.27. The Morgan fingerprint density at radius 3 is 2.88 bits per heavy atom. The Labute approximate surface area is 198 Å². The van der Waals surface area contributed by atoms with Crippen molar-refractivity contribution in [1.29, 1.82) is 0 Å². The van der Waals surface area contributed by atoms with Crippen molar-refractivity contribution < 1.29 is 9.32 Å². The third-order valence-electron chi connectivity index (χ3n) is 6.32. The van der Waals surface area contributed by atoms with Crippen LogP contribution in [-0.2, 0) is 17.9 Å². The summed E-state index contributed by atoms with van der Waals surface area (Å²) in [6.45, 7) is 4.65. The molecule has 1 amide bonds. The highest BCUT2D eigenvalue weighted by molar-refractivity contribution is 5.79. The van der Waals surface area contributed by atoms with Gasteiger partial charge in [0.2, 0.25) is 17.6 Å². The monoisotopic (exact) mass is 456 g/mol. The van der Waals surface area contributed by atoms with Crippen LogP contribution < -0.4 is 5.32 Å². The van der Waals surface area contributed by atoms with Crippen LogP contribution in [0.25, 0.3) is 17.1 Å². The molecule has 1 unspecified atom stereocenters. The molecule has 3 heterocycles. The number of amides is 1. The van der Waals surface area contributed by atoms with Crippen LogP contribution in [0.5, 0.6) is 0 Å². The Morgan fingerprint density at radius 1 is 1.18 bits per heavy atom. The second-order valence-corrected chi connectivity index (χ2v) is 8.72. The molecule has 1 atom stereocenters. The maximum absolute atomic E-state index is 13.0. The van der Waals surface area contributed by atoms with E-state index >= 15 is 0 Å². The molecular weight excluding hydrogens is 428 g/mol. The first-order chi connectivity index (χ1) is 16.7. The molecule has 174 valence electrons. The SMILES string of the molecule is Cc1ccccc1-c1noc(CN2CCCC(C(=O)NCc3ccccc3-n3ccnc3)C2)n1. The highest BCUT2D eigenvalue weighted by Crippen LogP contribution is 2.22. The predicted molar refractivity (Wildman–Crippen MR) is 128 cm³/mol. The molecule has 1 fully saturated rings. The summed E-state index contributed by atoms with van der Waals surface area (Å²) in [6, 6.07) is 16.0. The first-order valence-electron chi connectivity index (χ1n) is 11.6. The van der Waals surface area contributed by atoms with Gasteiger partial charge in [0, 0.05) is 31.0 Å². The summed E-state index contributed by atoms with van der Waals surface area (Å²) in [7, 11) is 0. The Hall–Kier alpha value is -3.78. The van der Waals surface area contributed by atoms with Gasteiger partial charge in [0.05, 0.1) is 24.5 Å². The molecule has 1 N–H and O–H groups in total. The molecule has 1 aliphatic rings. The van der Waals surface area contributed by atoms with Gasteiger partial charge in [-0.1, -0.05) is 47.6 Å². The lowest BCUT2D eigenvalue weighted by Gasteiger charge is -2.31. The van der Waals surface area contributed by atoms with E-state index in [0.29, 0.717) is 31.3 Å². The van der Waals surface area contributed by atoms with Gasteiger partial charge in [-0.25, -0.2) is 4.98 Å². The van der Waals surface area contributed by atoms with Crippen LogP contribution in [-0.4, -0.2) is 43.6 Å². The van der Waals surface area contributed by atoms with Gasteiger partial charge >= 0.3 is 0 Å². The van der Waals surface area contributed by atoms with Crippen molar-refractivity contribution in [2.45, 2.75) is 32.9 Å². The van der Waals surface area contributed by atoms with Gasteiger partial charge in [-0.3, -0.25) is 9.69 Å². The minimum atomic E-state index is -0.0621. The van der Waals surface area contributed by atoms with Crippen molar-refractivity contribution in [1.82, 2.24) is 29.9 Å².